The van der Waals surface area contributed by atoms with Crippen LogP contribution in [0.5, 0.6) is 5.75 Å². The van der Waals surface area contributed by atoms with Crippen LogP contribution in [0.4, 0.5) is 5.69 Å². The van der Waals surface area contributed by atoms with E-state index in [0.717, 1.165) is 51.3 Å². The van der Waals surface area contributed by atoms with E-state index in [0.29, 0.717) is 4.99 Å². The minimum absolute atomic E-state index is 0.625. The van der Waals surface area contributed by atoms with Crippen LogP contribution in [-0.4, -0.2) is 49.7 Å². The van der Waals surface area contributed by atoms with Gasteiger partial charge in [0.05, 0.1) is 12.1 Å². The average molecular weight is 293 g/mol. The van der Waals surface area contributed by atoms with Gasteiger partial charge in [-0.2, -0.15) is 0 Å². The number of nitrogens with two attached hydrogens (primary N) is 1. The van der Waals surface area contributed by atoms with Crippen LogP contribution >= 0.6 is 12.2 Å². The van der Waals surface area contributed by atoms with E-state index in [2.05, 4.69) is 21.9 Å². The summed E-state index contributed by atoms with van der Waals surface area (Å²) in [4.78, 5) is 5.52. The zero-order valence-corrected chi connectivity index (χ0v) is 12.9. The standard InChI is InChI=1S/C15H23N3OS/c1-19-14-5-2-4-13(12-14)18-10-8-17(9-11-18)7-3-6-15(16)20/h2,4-5,12H,3,6-11H2,1H3,(H2,16,20). The first kappa shape index (κ1) is 15.1. The Balaban J connectivity index is 1.80. The number of methoxy groups -OCH3 is 1. The molecule has 0 bridgehead atoms. The number of thiocarbonyl (C=S) groups is 1. The molecule has 0 saturated carbocycles. The van der Waals surface area contributed by atoms with Gasteiger partial charge in [-0.05, 0) is 31.5 Å². The third-order valence-electron chi connectivity index (χ3n) is 3.69. The van der Waals surface area contributed by atoms with Crippen molar-refractivity contribution in [3.63, 3.8) is 0 Å². The molecule has 1 aliphatic rings. The van der Waals surface area contributed by atoms with Crippen molar-refractivity contribution in [3.05, 3.63) is 24.3 Å². The molecule has 0 radical (unpaired) electrons. The molecule has 0 aromatic heterocycles. The van der Waals surface area contributed by atoms with E-state index in [1.807, 2.05) is 12.1 Å². The first-order valence-corrected chi connectivity index (χ1v) is 7.49. The smallest absolute Gasteiger partial charge is 0.120 e. The van der Waals surface area contributed by atoms with Crippen molar-refractivity contribution in [1.29, 1.82) is 0 Å². The van der Waals surface area contributed by atoms with Crippen LogP contribution in [0.25, 0.3) is 0 Å². The van der Waals surface area contributed by atoms with E-state index in [-0.39, 0.29) is 0 Å². The van der Waals surface area contributed by atoms with Crippen LogP contribution in [0.1, 0.15) is 12.8 Å². The molecule has 0 atom stereocenters. The Hall–Kier alpha value is -1.33. The predicted octanol–water partition coefficient (Wildman–Crippen LogP) is 1.88. The van der Waals surface area contributed by atoms with Gasteiger partial charge in [0.15, 0.2) is 0 Å². The second kappa shape index (κ2) is 7.45. The Labute approximate surface area is 126 Å². The molecule has 0 aliphatic carbocycles. The maximum atomic E-state index is 5.53. The van der Waals surface area contributed by atoms with Crippen LogP contribution in [0.15, 0.2) is 24.3 Å². The molecule has 1 aliphatic heterocycles. The van der Waals surface area contributed by atoms with Gasteiger partial charge in [0.25, 0.3) is 0 Å². The van der Waals surface area contributed by atoms with Crippen molar-refractivity contribution in [2.75, 3.05) is 44.7 Å². The first-order chi connectivity index (χ1) is 9.69. The Bertz CT molecular complexity index is 444. The molecule has 110 valence electrons. The van der Waals surface area contributed by atoms with E-state index in [1.54, 1.807) is 7.11 Å². The molecule has 20 heavy (non-hydrogen) atoms. The molecule has 2 N–H and O–H groups in total. The molecular weight excluding hydrogens is 270 g/mol. The molecule has 1 aromatic carbocycles. The summed E-state index contributed by atoms with van der Waals surface area (Å²) in [6.07, 6.45) is 1.92. The Morgan fingerprint density at radius 3 is 2.70 bits per heavy atom. The van der Waals surface area contributed by atoms with Gasteiger partial charge in [-0.1, -0.05) is 18.3 Å². The normalized spacial score (nSPS) is 16.1. The fourth-order valence-electron chi connectivity index (χ4n) is 2.51. The molecular formula is C15H23N3OS. The number of rotatable bonds is 6. The number of anilines is 1. The fourth-order valence-corrected chi connectivity index (χ4v) is 2.66. The minimum Gasteiger partial charge on any atom is -0.497 e. The summed E-state index contributed by atoms with van der Waals surface area (Å²) in [6.45, 7) is 5.38. The number of ether oxygens (including phenoxy) is 1. The number of hydrogen-bond donors (Lipinski definition) is 1. The van der Waals surface area contributed by atoms with Crippen LogP contribution in [0.3, 0.4) is 0 Å². The lowest BCUT2D eigenvalue weighted by Crippen LogP contribution is -2.46. The molecule has 4 nitrogen and oxygen atoms in total. The Kier molecular flexibility index (Phi) is 5.61. The quantitative estimate of drug-likeness (QED) is 0.811. The monoisotopic (exact) mass is 293 g/mol. The van der Waals surface area contributed by atoms with Crippen molar-refractivity contribution in [3.8, 4) is 5.75 Å². The van der Waals surface area contributed by atoms with Gasteiger partial charge in [-0.3, -0.25) is 4.90 Å². The molecule has 0 amide bonds. The highest BCUT2D eigenvalue weighted by Crippen LogP contribution is 2.22. The van der Waals surface area contributed by atoms with Gasteiger partial charge in [-0.15, -0.1) is 0 Å². The molecule has 2 rings (SSSR count). The zero-order valence-electron chi connectivity index (χ0n) is 12.0. The van der Waals surface area contributed by atoms with E-state index in [4.69, 9.17) is 22.7 Å². The average Bonchev–Trinajstić information content (AvgIpc) is 2.48. The van der Waals surface area contributed by atoms with Gasteiger partial charge in [0.1, 0.15) is 5.75 Å². The van der Waals surface area contributed by atoms with Crippen molar-refractivity contribution >= 4 is 22.9 Å². The van der Waals surface area contributed by atoms with E-state index < -0.39 is 0 Å². The van der Waals surface area contributed by atoms with Gasteiger partial charge in [0.2, 0.25) is 0 Å². The summed E-state index contributed by atoms with van der Waals surface area (Å²) in [7, 11) is 1.71. The molecule has 0 spiro atoms. The van der Waals surface area contributed by atoms with Crippen molar-refractivity contribution < 1.29 is 4.74 Å². The topological polar surface area (TPSA) is 41.7 Å². The maximum Gasteiger partial charge on any atom is 0.120 e. The highest BCUT2D eigenvalue weighted by molar-refractivity contribution is 7.80. The fraction of sp³-hybridized carbons (Fsp3) is 0.533. The molecule has 0 unspecified atom stereocenters. The summed E-state index contributed by atoms with van der Waals surface area (Å²) in [5, 5.41) is 0. The third kappa shape index (κ3) is 4.35. The number of nitrogens with zero attached hydrogens (tertiary/aromatic N) is 2. The minimum atomic E-state index is 0.625. The highest BCUT2D eigenvalue weighted by atomic mass is 32.1. The summed E-state index contributed by atoms with van der Waals surface area (Å²) in [5.41, 5.74) is 6.77. The van der Waals surface area contributed by atoms with Crippen LogP contribution < -0.4 is 15.4 Å². The van der Waals surface area contributed by atoms with E-state index in [9.17, 15) is 0 Å². The molecule has 1 saturated heterocycles. The SMILES string of the molecule is COc1cccc(N2CCN(CCCC(N)=S)CC2)c1. The van der Waals surface area contributed by atoms with Gasteiger partial charge in [-0.25, -0.2) is 0 Å². The summed E-state index contributed by atoms with van der Waals surface area (Å²) in [5.74, 6) is 0.918. The Morgan fingerprint density at radius 2 is 2.05 bits per heavy atom. The van der Waals surface area contributed by atoms with Gasteiger partial charge in [0, 0.05) is 37.9 Å². The van der Waals surface area contributed by atoms with E-state index >= 15 is 0 Å². The van der Waals surface area contributed by atoms with E-state index in [1.165, 1.54) is 5.69 Å². The second-order valence-electron chi connectivity index (χ2n) is 5.10. The largest absolute Gasteiger partial charge is 0.497 e. The summed E-state index contributed by atoms with van der Waals surface area (Å²) >= 11 is 4.91. The van der Waals surface area contributed by atoms with Crippen LogP contribution in [0.2, 0.25) is 0 Å². The molecule has 1 heterocycles. The number of piperazine rings is 1. The molecule has 1 fully saturated rings. The van der Waals surface area contributed by atoms with Gasteiger partial charge < -0.3 is 15.4 Å². The highest BCUT2D eigenvalue weighted by Gasteiger charge is 2.17. The molecule has 5 heteroatoms. The summed E-state index contributed by atoms with van der Waals surface area (Å²) in [6, 6.07) is 8.27. The van der Waals surface area contributed by atoms with Gasteiger partial charge >= 0.3 is 0 Å². The third-order valence-corrected chi connectivity index (χ3v) is 3.89. The predicted molar refractivity (Wildman–Crippen MR) is 87.7 cm³/mol. The lowest BCUT2D eigenvalue weighted by Gasteiger charge is -2.36. The van der Waals surface area contributed by atoms with Crippen molar-refractivity contribution in [1.82, 2.24) is 4.90 Å². The van der Waals surface area contributed by atoms with Crippen LogP contribution in [-0.2, 0) is 0 Å². The Morgan fingerprint density at radius 1 is 1.30 bits per heavy atom. The second-order valence-corrected chi connectivity index (χ2v) is 5.62. The molecule has 1 aromatic rings. The lowest BCUT2D eigenvalue weighted by molar-refractivity contribution is 0.256. The zero-order chi connectivity index (χ0) is 14.4. The summed E-state index contributed by atoms with van der Waals surface area (Å²) < 4.78 is 5.28. The first-order valence-electron chi connectivity index (χ1n) is 7.08. The lowest BCUT2D eigenvalue weighted by atomic mass is 10.2. The van der Waals surface area contributed by atoms with Crippen LogP contribution in [0, 0.1) is 0 Å². The van der Waals surface area contributed by atoms with Crippen molar-refractivity contribution in [2.24, 2.45) is 5.73 Å². The number of hydrogen-bond acceptors (Lipinski definition) is 4. The maximum absolute atomic E-state index is 5.53. The van der Waals surface area contributed by atoms with Crippen molar-refractivity contribution in [2.45, 2.75) is 12.8 Å². The number of benzene rings is 1.